The zero-order valence-electron chi connectivity index (χ0n) is 21.5. The molecule has 0 aliphatic carbocycles. The molecule has 6 nitrogen and oxygen atoms in total. The second-order valence-electron chi connectivity index (χ2n) is 8.24. The van der Waals surface area contributed by atoms with Crippen LogP contribution in [0, 0.1) is 0 Å². The van der Waals surface area contributed by atoms with E-state index in [1.807, 2.05) is 60.7 Å². The molecule has 4 aromatic carbocycles. The van der Waals surface area contributed by atoms with E-state index in [1.165, 1.54) is 24.3 Å². The normalized spacial score (nSPS) is 11.8. The van der Waals surface area contributed by atoms with Gasteiger partial charge in [0.25, 0.3) is 20.2 Å². The van der Waals surface area contributed by atoms with Crippen LogP contribution >= 0.6 is 23.2 Å². The van der Waals surface area contributed by atoms with Crippen LogP contribution < -0.4 is 59.1 Å². The average Bonchev–Trinajstić information content (AvgIpc) is 2.87. The molecular formula is C28H20Cl2Na2O6S2+2. The summed E-state index contributed by atoms with van der Waals surface area (Å²) in [6.45, 7) is 0. The Bertz CT molecular complexity index is 1640. The summed E-state index contributed by atoms with van der Waals surface area (Å²) in [6, 6.07) is 24.3. The van der Waals surface area contributed by atoms with Gasteiger partial charge in [0.2, 0.25) is 0 Å². The van der Waals surface area contributed by atoms with Crippen molar-refractivity contribution in [3.63, 3.8) is 0 Å². The number of hydrogen-bond acceptors (Lipinski definition) is 4. The fourth-order valence-corrected chi connectivity index (χ4v) is 5.62. The Morgan fingerprint density at radius 1 is 0.475 bits per heavy atom. The zero-order chi connectivity index (χ0) is 27.5. The Morgan fingerprint density at radius 3 is 1.05 bits per heavy atom. The van der Waals surface area contributed by atoms with Crippen LogP contribution in [-0.4, -0.2) is 25.9 Å². The summed E-state index contributed by atoms with van der Waals surface area (Å²) in [7, 11) is -8.82. The molecule has 0 spiro atoms. The maximum Gasteiger partial charge on any atom is 1.00 e. The second-order valence-corrected chi connectivity index (χ2v) is 11.8. The van der Waals surface area contributed by atoms with Crippen molar-refractivity contribution in [2.24, 2.45) is 0 Å². The molecule has 0 saturated carbocycles. The number of rotatable bonds is 7. The maximum absolute atomic E-state index is 11.4. The molecule has 2 N–H and O–H groups in total. The SMILES string of the molecule is O=S(=O)(O)c1cc(/C=C/c2ccc(-c3ccc(/C=C/c4ccc(Cl)c(S(=O)(=O)O)c4)cc3)cc2)ccc1Cl.[Na+].[Na+]. The summed E-state index contributed by atoms with van der Waals surface area (Å²) >= 11 is 11.7. The fourth-order valence-electron chi connectivity index (χ4n) is 3.60. The molecule has 0 aliphatic rings. The Hall–Kier alpha value is -1.24. The maximum atomic E-state index is 11.4. The summed E-state index contributed by atoms with van der Waals surface area (Å²) in [4.78, 5) is -0.683. The van der Waals surface area contributed by atoms with Crippen molar-refractivity contribution < 1.29 is 85.1 Å². The standard InChI is InChI=1S/C28H20Cl2O6S2.2Na/c29-25-15-9-21(17-27(25)37(31,32)33)3-1-19-5-11-23(12-6-19)24-13-7-20(8-14-24)2-4-22-10-16-26(30)28(18-22)38(34,35)36;;/h1-18H,(H,31,32,33)(H,34,35,36);;/q;2*+1/b3-1+,4-2+;;. The first-order valence-corrected chi connectivity index (χ1v) is 14.6. The smallest absolute Gasteiger partial charge is 0.282 e. The largest absolute Gasteiger partial charge is 1.00 e. The molecule has 0 aliphatic heterocycles. The Kier molecular flexibility index (Phi) is 12.9. The van der Waals surface area contributed by atoms with Crippen molar-refractivity contribution in [2.45, 2.75) is 9.79 Å². The van der Waals surface area contributed by atoms with Crippen LogP contribution in [0.4, 0.5) is 0 Å². The van der Waals surface area contributed by atoms with E-state index in [0.29, 0.717) is 11.1 Å². The Morgan fingerprint density at radius 2 is 0.750 bits per heavy atom. The van der Waals surface area contributed by atoms with Gasteiger partial charge in [0.05, 0.1) is 10.0 Å². The van der Waals surface area contributed by atoms with Gasteiger partial charge in [0.15, 0.2) is 0 Å². The van der Waals surface area contributed by atoms with E-state index in [2.05, 4.69) is 0 Å². The first kappa shape index (κ1) is 35.0. The molecule has 0 atom stereocenters. The van der Waals surface area contributed by atoms with Crippen molar-refractivity contribution in [2.75, 3.05) is 0 Å². The van der Waals surface area contributed by atoms with Crippen LogP contribution in [0.3, 0.4) is 0 Å². The number of benzene rings is 4. The third-order valence-electron chi connectivity index (χ3n) is 5.56. The van der Waals surface area contributed by atoms with Gasteiger partial charge < -0.3 is 0 Å². The molecule has 0 amide bonds. The van der Waals surface area contributed by atoms with Gasteiger partial charge in [0, 0.05) is 0 Å². The van der Waals surface area contributed by atoms with E-state index in [9.17, 15) is 25.9 Å². The number of hydrogen-bond donors (Lipinski definition) is 2. The van der Waals surface area contributed by atoms with E-state index in [4.69, 9.17) is 23.2 Å². The number of halogens is 2. The summed E-state index contributed by atoms with van der Waals surface area (Å²) in [5, 5.41) is -0.0986. The average molecular weight is 633 g/mol. The van der Waals surface area contributed by atoms with Crippen LogP contribution in [0.1, 0.15) is 22.3 Å². The van der Waals surface area contributed by atoms with Gasteiger partial charge in [-0.05, 0) is 57.6 Å². The van der Waals surface area contributed by atoms with Gasteiger partial charge in [0.1, 0.15) is 9.79 Å². The van der Waals surface area contributed by atoms with Crippen LogP contribution in [0.25, 0.3) is 35.4 Å². The summed E-state index contributed by atoms with van der Waals surface area (Å²) < 4.78 is 64.3. The molecule has 0 aromatic heterocycles. The van der Waals surface area contributed by atoms with E-state index in [1.54, 1.807) is 24.3 Å². The molecular weight excluding hydrogens is 613 g/mol. The molecule has 4 aromatic rings. The minimum atomic E-state index is -4.41. The molecule has 0 heterocycles. The van der Waals surface area contributed by atoms with E-state index in [-0.39, 0.29) is 79.0 Å². The fraction of sp³-hybridized carbons (Fsp3) is 0. The van der Waals surface area contributed by atoms with Crippen molar-refractivity contribution >= 4 is 67.7 Å². The molecule has 0 radical (unpaired) electrons. The molecule has 0 fully saturated rings. The van der Waals surface area contributed by atoms with E-state index in [0.717, 1.165) is 22.3 Å². The second kappa shape index (κ2) is 14.8. The van der Waals surface area contributed by atoms with Crippen LogP contribution in [0.5, 0.6) is 0 Å². The van der Waals surface area contributed by atoms with Crippen molar-refractivity contribution in [1.82, 2.24) is 0 Å². The third kappa shape index (κ3) is 9.39. The predicted octanol–water partition coefficient (Wildman–Crippen LogP) is 1.50. The van der Waals surface area contributed by atoms with E-state index < -0.39 is 20.2 Å². The minimum absolute atomic E-state index is 0. The van der Waals surface area contributed by atoms with Gasteiger partial charge in [-0.25, -0.2) is 0 Å². The van der Waals surface area contributed by atoms with Gasteiger partial charge >= 0.3 is 59.1 Å². The predicted molar refractivity (Wildman–Crippen MR) is 152 cm³/mol. The molecule has 4 rings (SSSR count). The molecule has 40 heavy (non-hydrogen) atoms. The van der Waals surface area contributed by atoms with Gasteiger partial charge in [-0.3, -0.25) is 9.11 Å². The molecule has 194 valence electrons. The summed E-state index contributed by atoms with van der Waals surface area (Å²) in [6.07, 6.45) is 7.08. The van der Waals surface area contributed by atoms with Gasteiger partial charge in [-0.15, -0.1) is 0 Å². The topological polar surface area (TPSA) is 109 Å². The van der Waals surface area contributed by atoms with Crippen LogP contribution in [0.2, 0.25) is 10.0 Å². The quantitative estimate of drug-likeness (QED) is 0.182. The molecule has 12 heteroatoms. The first-order chi connectivity index (χ1) is 17.9. The van der Waals surface area contributed by atoms with Crippen LogP contribution in [0.15, 0.2) is 94.7 Å². The van der Waals surface area contributed by atoms with Gasteiger partial charge in [-0.2, -0.15) is 16.8 Å². The van der Waals surface area contributed by atoms with Crippen molar-refractivity contribution in [3.8, 4) is 11.1 Å². The Labute approximate surface area is 287 Å². The van der Waals surface area contributed by atoms with Crippen LogP contribution in [-0.2, 0) is 20.2 Å². The van der Waals surface area contributed by atoms with Gasteiger partial charge in [-0.1, -0.05) is 108 Å². The third-order valence-corrected chi connectivity index (χ3v) is 8.23. The van der Waals surface area contributed by atoms with E-state index >= 15 is 0 Å². The molecule has 0 saturated heterocycles. The molecule has 0 unspecified atom stereocenters. The zero-order valence-corrected chi connectivity index (χ0v) is 28.6. The molecule has 0 bridgehead atoms. The first-order valence-electron chi connectivity index (χ1n) is 11.0. The van der Waals surface area contributed by atoms with Crippen molar-refractivity contribution in [3.05, 3.63) is 117 Å². The summed E-state index contributed by atoms with van der Waals surface area (Å²) in [5.41, 5.74) is 4.92. The Balaban J connectivity index is 0.00000280. The van der Waals surface area contributed by atoms with Crippen molar-refractivity contribution in [1.29, 1.82) is 0 Å². The summed E-state index contributed by atoms with van der Waals surface area (Å²) in [5.74, 6) is 0. The monoisotopic (exact) mass is 632 g/mol. The minimum Gasteiger partial charge on any atom is -0.282 e.